The highest BCUT2D eigenvalue weighted by Gasteiger charge is 2.68. The highest BCUT2D eigenvalue weighted by Crippen LogP contribution is 2.70. The molecule has 0 unspecified atom stereocenters. The standard InChI is InChI=1S/C48H68O14/c1-25-42(60-40-22-36(50)43(26(2)57-40)61-41-23-37(51)44(27(3)58-41)62-45(53)28-9-7-6-8-10-28)35(49)21-39(56-25)59-31-13-16-46(4)30(20-31)11-12-34-33(46)14-17-47(5)32(15-18-48(34,47)54)29-19-38(52)55-24-29/h6-10,19,25-27,30-37,39-44,49-51,54H,11-18,20-24H2,1-5H3/t25-,26-,27-,30-,31+,32-,33+,34-,35+,36+,37+,39+,40+,41+,42-,43-,44-,46+,47-,48+/m1/s1. The number of carbonyl (C=O) groups is 2. The Kier molecular flexibility index (Phi) is 12.5. The van der Waals surface area contributed by atoms with E-state index in [0.717, 1.165) is 63.4 Å². The molecule has 20 atom stereocenters. The lowest BCUT2D eigenvalue weighted by atomic mass is 9.43. The number of hydrogen-bond acceptors (Lipinski definition) is 14. The molecule has 0 amide bonds. The van der Waals surface area contributed by atoms with Crippen LogP contribution in [0.4, 0.5) is 0 Å². The predicted molar refractivity (Wildman–Crippen MR) is 221 cm³/mol. The fourth-order valence-electron chi connectivity index (χ4n) is 13.7. The number of rotatable bonds is 9. The van der Waals surface area contributed by atoms with Crippen LogP contribution in [0.25, 0.3) is 0 Å². The van der Waals surface area contributed by atoms with Gasteiger partial charge in [0.1, 0.15) is 18.8 Å². The molecule has 14 nitrogen and oxygen atoms in total. The summed E-state index contributed by atoms with van der Waals surface area (Å²) in [5, 5.41) is 46.1. The molecule has 344 valence electrons. The average molecular weight is 869 g/mol. The van der Waals surface area contributed by atoms with E-state index in [1.54, 1.807) is 50.3 Å². The molecule has 4 N–H and O–H groups in total. The first-order valence-corrected chi connectivity index (χ1v) is 23.4. The molecule has 9 rings (SSSR count). The third-order valence-electron chi connectivity index (χ3n) is 17.1. The van der Waals surface area contributed by atoms with Gasteiger partial charge in [0.15, 0.2) is 25.0 Å². The molecule has 1 aromatic rings. The van der Waals surface area contributed by atoms with Crippen LogP contribution in [0, 0.1) is 34.5 Å². The van der Waals surface area contributed by atoms with Crippen molar-refractivity contribution in [2.45, 2.75) is 197 Å². The summed E-state index contributed by atoms with van der Waals surface area (Å²) in [6, 6.07) is 8.56. The van der Waals surface area contributed by atoms with Gasteiger partial charge in [-0.2, -0.15) is 0 Å². The summed E-state index contributed by atoms with van der Waals surface area (Å²) in [6.45, 7) is 10.4. The molecule has 8 aliphatic rings. The Hall–Kier alpha value is -2.50. The smallest absolute Gasteiger partial charge is 0.338 e. The van der Waals surface area contributed by atoms with Gasteiger partial charge in [0.2, 0.25) is 0 Å². The molecular weight excluding hydrogens is 801 g/mol. The van der Waals surface area contributed by atoms with Crippen molar-refractivity contribution >= 4 is 11.9 Å². The van der Waals surface area contributed by atoms with Gasteiger partial charge >= 0.3 is 11.9 Å². The zero-order valence-electron chi connectivity index (χ0n) is 36.8. The van der Waals surface area contributed by atoms with Gasteiger partial charge in [0, 0.05) is 30.8 Å². The van der Waals surface area contributed by atoms with Crippen LogP contribution in [0.1, 0.15) is 122 Å². The van der Waals surface area contributed by atoms with E-state index < -0.39 is 85.4 Å². The maximum Gasteiger partial charge on any atom is 0.338 e. The van der Waals surface area contributed by atoms with Gasteiger partial charge in [-0.05, 0) is 125 Å². The first-order valence-electron chi connectivity index (χ1n) is 23.4. The van der Waals surface area contributed by atoms with Crippen LogP contribution in [0.2, 0.25) is 0 Å². The number of cyclic esters (lactones) is 1. The lowest BCUT2D eigenvalue weighted by Crippen LogP contribution is -2.62. The van der Waals surface area contributed by atoms with E-state index in [2.05, 4.69) is 13.8 Å². The second-order valence-corrected chi connectivity index (χ2v) is 20.5. The predicted octanol–water partition coefficient (Wildman–Crippen LogP) is 5.11. The van der Waals surface area contributed by atoms with Gasteiger partial charge in [-0.3, -0.25) is 0 Å². The van der Waals surface area contributed by atoms with Crippen LogP contribution in [0.15, 0.2) is 42.0 Å². The van der Waals surface area contributed by atoms with Gasteiger partial charge in [0.25, 0.3) is 0 Å². The van der Waals surface area contributed by atoms with Crippen molar-refractivity contribution in [3.63, 3.8) is 0 Å². The summed E-state index contributed by atoms with van der Waals surface area (Å²) < 4.78 is 48.5. The first kappa shape index (κ1) is 44.7. The van der Waals surface area contributed by atoms with E-state index in [9.17, 15) is 30.0 Å². The molecule has 0 bridgehead atoms. The fourth-order valence-corrected chi connectivity index (χ4v) is 13.7. The lowest BCUT2D eigenvalue weighted by molar-refractivity contribution is -0.336. The molecular formula is C48H68O14. The van der Waals surface area contributed by atoms with E-state index >= 15 is 0 Å². The minimum absolute atomic E-state index is 0.00758. The van der Waals surface area contributed by atoms with Crippen LogP contribution >= 0.6 is 0 Å². The summed E-state index contributed by atoms with van der Waals surface area (Å²) in [6.07, 6.45) is 1.32. The number of aliphatic hydroxyl groups excluding tert-OH is 3. The monoisotopic (exact) mass is 868 g/mol. The Labute approximate surface area is 364 Å². The molecule has 0 radical (unpaired) electrons. The van der Waals surface area contributed by atoms with E-state index in [-0.39, 0.29) is 54.0 Å². The van der Waals surface area contributed by atoms with Crippen molar-refractivity contribution in [1.82, 2.24) is 0 Å². The summed E-state index contributed by atoms with van der Waals surface area (Å²) in [4.78, 5) is 24.6. The molecule has 4 heterocycles. The van der Waals surface area contributed by atoms with Crippen molar-refractivity contribution in [2.24, 2.45) is 34.5 Å². The highest BCUT2D eigenvalue weighted by atomic mass is 16.7. The molecule has 7 fully saturated rings. The SMILES string of the molecule is C[C@H]1O[C@@H](O[C@H]2[C@@H](O)C[C@H](O[C@H]3[C@@H](O)C[C@H](O[C@H]4CC[C@@]5(C)[C@H](CC[C@@H]6[C@@H]5CC[C@]5(C)[C@@H](C7=CC(=O)OC7)CC[C@]65O)C4)O[C@@H]3C)O[C@@H]2C)C[C@H](O)[C@@H]1OC(=O)c1ccccc1. The summed E-state index contributed by atoms with van der Waals surface area (Å²) in [7, 11) is 0. The quantitative estimate of drug-likeness (QED) is 0.189. The number of esters is 2. The first-order chi connectivity index (χ1) is 29.6. The Balaban J connectivity index is 0.736. The highest BCUT2D eigenvalue weighted by molar-refractivity contribution is 5.89. The molecule has 4 aliphatic carbocycles. The van der Waals surface area contributed by atoms with Gasteiger partial charge in [0.05, 0.1) is 53.9 Å². The number of benzene rings is 1. The van der Waals surface area contributed by atoms with Crippen LogP contribution in [0.3, 0.4) is 0 Å². The largest absolute Gasteiger partial charge is 0.458 e. The minimum Gasteiger partial charge on any atom is -0.458 e. The molecule has 0 aromatic heterocycles. The van der Waals surface area contributed by atoms with Crippen molar-refractivity contribution in [2.75, 3.05) is 6.61 Å². The number of carbonyl (C=O) groups excluding carboxylic acids is 2. The number of ether oxygens (including phenoxy) is 8. The summed E-state index contributed by atoms with van der Waals surface area (Å²) in [5.74, 6) is 0.532. The van der Waals surface area contributed by atoms with Crippen molar-refractivity contribution in [3.8, 4) is 0 Å². The summed E-state index contributed by atoms with van der Waals surface area (Å²) in [5.41, 5.74) is 0.552. The third-order valence-corrected chi connectivity index (χ3v) is 17.1. The number of hydrogen-bond donors (Lipinski definition) is 4. The second-order valence-electron chi connectivity index (χ2n) is 20.5. The Morgan fingerprint density at radius 2 is 1.29 bits per heavy atom. The third kappa shape index (κ3) is 8.10. The topological polar surface area (TPSA) is 189 Å². The molecule has 3 saturated heterocycles. The van der Waals surface area contributed by atoms with Crippen molar-refractivity contribution < 1.29 is 67.9 Å². The van der Waals surface area contributed by atoms with E-state index in [1.807, 2.05) is 6.92 Å². The van der Waals surface area contributed by atoms with Gasteiger partial charge in [-0.15, -0.1) is 0 Å². The van der Waals surface area contributed by atoms with E-state index in [1.165, 1.54) is 0 Å². The number of aliphatic hydroxyl groups is 4. The molecule has 1 aromatic carbocycles. The van der Waals surface area contributed by atoms with Crippen LogP contribution in [-0.2, 0) is 42.7 Å². The zero-order chi connectivity index (χ0) is 43.7. The molecule has 62 heavy (non-hydrogen) atoms. The molecule has 14 heteroatoms. The Bertz CT molecular complexity index is 1770. The van der Waals surface area contributed by atoms with Gasteiger partial charge in [-0.25, -0.2) is 9.59 Å². The zero-order valence-corrected chi connectivity index (χ0v) is 36.8. The molecule has 4 aliphatic heterocycles. The maximum atomic E-state index is 12.6. The fraction of sp³-hybridized carbons (Fsp3) is 0.792. The Morgan fingerprint density at radius 1 is 0.694 bits per heavy atom. The Morgan fingerprint density at radius 3 is 1.87 bits per heavy atom. The average Bonchev–Trinajstić information content (AvgIpc) is 3.78. The van der Waals surface area contributed by atoms with E-state index in [4.69, 9.17) is 37.9 Å². The number of fused-ring (bicyclic) bond motifs is 5. The van der Waals surface area contributed by atoms with Crippen LogP contribution in [-0.4, -0.2) is 124 Å². The lowest BCUT2D eigenvalue weighted by Gasteiger charge is -2.64. The minimum atomic E-state index is -1.04. The van der Waals surface area contributed by atoms with Gasteiger partial charge in [-0.1, -0.05) is 32.0 Å². The van der Waals surface area contributed by atoms with E-state index in [0.29, 0.717) is 24.0 Å². The van der Waals surface area contributed by atoms with Crippen LogP contribution in [0.5, 0.6) is 0 Å². The van der Waals surface area contributed by atoms with Gasteiger partial charge < -0.3 is 58.3 Å². The summed E-state index contributed by atoms with van der Waals surface area (Å²) >= 11 is 0. The van der Waals surface area contributed by atoms with Crippen molar-refractivity contribution in [1.29, 1.82) is 0 Å². The normalized spacial score (nSPS) is 49.2. The second kappa shape index (κ2) is 17.4. The molecule has 4 saturated carbocycles. The van der Waals surface area contributed by atoms with Crippen molar-refractivity contribution in [3.05, 3.63) is 47.5 Å². The van der Waals surface area contributed by atoms with Crippen LogP contribution < -0.4 is 0 Å². The molecule has 0 spiro atoms. The maximum absolute atomic E-state index is 12.6.